The molecular formula is C16H16BrF. The van der Waals surface area contributed by atoms with Gasteiger partial charge in [0.2, 0.25) is 0 Å². The van der Waals surface area contributed by atoms with Gasteiger partial charge in [-0.1, -0.05) is 46.3 Å². The Balaban J connectivity index is 2.22. The third kappa shape index (κ3) is 2.99. The van der Waals surface area contributed by atoms with Gasteiger partial charge in [-0.05, 0) is 54.7 Å². The van der Waals surface area contributed by atoms with E-state index in [-0.39, 0.29) is 10.6 Å². The Labute approximate surface area is 116 Å². The molecule has 0 N–H and O–H groups in total. The second-order valence-corrected chi connectivity index (χ2v) is 5.70. The number of halogens is 2. The lowest BCUT2D eigenvalue weighted by molar-refractivity contribution is 0.625. The SMILES string of the molecule is Cc1ccccc1CC(Br)c1ccc(F)cc1C. The van der Waals surface area contributed by atoms with E-state index in [0.29, 0.717) is 0 Å². The highest BCUT2D eigenvalue weighted by Crippen LogP contribution is 2.30. The molecule has 0 saturated carbocycles. The lowest BCUT2D eigenvalue weighted by Crippen LogP contribution is -2.00. The van der Waals surface area contributed by atoms with E-state index in [2.05, 4.69) is 41.1 Å². The number of benzene rings is 2. The van der Waals surface area contributed by atoms with Gasteiger partial charge in [-0.3, -0.25) is 0 Å². The molecule has 94 valence electrons. The molecule has 2 aromatic rings. The van der Waals surface area contributed by atoms with E-state index >= 15 is 0 Å². The molecule has 0 nitrogen and oxygen atoms in total. The summed E-state index contributed by atoms with van der Waals surface area (Å²) in [6, 6.07) is 13.3. The van der Waals surface area contributed by atoms with Gasteiger partial charge < -0.3 is 0 Å². The Bertz CT molecular complexity index is 549. The van der Waals surface area contributed by atoms with Crippen LogP contribution in [-0.4, -0.2) is 0 Å². The van der Waals surface area contributed by atoms with E-state index in [4.69, 9.17) is 0 Å². The fourth-order valence-electron chi connectivity index (χ4n) is 2.13. The largest absolute Gasteiger partial charge is 0.207 e. The molecule has 18 heavy (non-hydrogen) atoms. The fraction of sp³-hybridized carbons (Fsp3) is 0.250. The third-order valence-electron chi connectivity index (χ3n) is 3.23. The summed E-state index contributed by atoms with van der Waals surface area (Å²) in [6.07, 6.45) is 0.916. The zero-order valence-corrected chi connectivity index (χ0v) is 12.2. The molecule has 0 bridgehead atoms. The molecule has 0 aliphatic rings. The zero-order chi connectivity index (χ0) is 13.1. The minimum absolute atomic E-state index is 0.174. The van der Waals surface area contributed by atoms with Gasteiger partial charge in [0, 0.05) is 4.83 Å². The lowest BCUT2D eigenvalue weighted by atomic mass is 9.98. The minimum Gasteiger partial charge on any atom is -0.207 e. The predicted octanol–water partition coefficient (Wildman–Crippen LogP) is 5.12. The van der Waals surface area contributed by atoms with Crippen LogP contribution in [0.4, 0.5) is 4.39 Å². The van der Waals surface area contributed by atoms with Crippen LogP contribution >= 0.6 is 15.9 Å². The first-order chi connectivity index (χ1) is 8.58. The molecule has 0 aliphatic heterocycles. The molecule has 2 rings (SSSR count). The van der Waals surface area contributed by atoms with Gasteiger partial charge in [0.05, 0.1) is 0 Å². The maximum atomic E-state index is 13.1. The Hall–Kier alpha value is -1.15. The van der Waals surface area contributed by atoms with Crippen molar-refractivity contribution in [3.8, 4) is 0 Å². The van der Waals surface area contributed by atoms with Crippen LogP contribution in [0.25, 0.3) is 0 Å². The summed E-state index contributed by atoms with van der Waals surface area (Å²) >= 11 is 3.71. The van der Waals surface area contributed by atoms with Gasteiger partial charge >= 0.3 is 0 Å². The monoisotopic (exact) mass is 306 g/mol. The van der Waals surface area contributed by atoms with Crippen LogP contribution in [0.2, 0.25) is 0 Å². The summed E-state index contributed by atoms with van der Waals surface area (Å²) in [7, 11) is 0. The smallest absolute Gasteiger partial charge is 0.123 e. The first kappa shape index (κ1) is 13.3. The van der Waals surface area contributed by atoms with E-state index in [1.54, 1.807) is 6.07 Å². The minimum atomic E-state index is -0.174. The van der Waals surface area contributed by atoms with E-state index in [0.717, 1.165) is 17.5 Å². The van der Waals surface area contributed by atoms with E-state index < -0.39 is 0 Å². The summed E-state index contributed by atoms with van der Waals surface area (Å²) in [5.41, 5.74) is 4.76. The second-order valence-electron chi connectivity index (χ2n) is 4.60. The van der Waals surface area contributed by atoms with Gasteiger partial charge in [-0.15, -0.1) is 0 Å². The van der Waals surface area contributed by atoms with Gasteiger partial charge in [-0.25, -0.2) is 4.39 Å². The first-order valence-corrected chi connectivity index (χ1v) is 6.94. The van der Waals surface area contributed by atoms with Crippen molar-refractivity contribution in [2.24, 2.45) is 0 Å². The maximum Gasteiger partial charge on any atom is 0.123 e. The summed E-state index contributed by atoms with van der Waals surface area (Å²) in [5, 5.41) is 0. The highest BCUT2D eigenvalue weighted by Gasteiger charge is 2.12. The van der Waals surface area contributed by atoms with Crippen LogP contribution in [0.3, 0.4) is 0 Å². The standard InChI is InChI=1S/C16H16BrF/c1-11-5-3-4-6-13(11)10-16(17)15-8-7-14(18)9-12(15)2/h3-9,16H,10H2,1-2H3. The van der Waals surface area contributed by atoms with Crippen molar-refractivity contribution in [2.75, 3.05) is 0 Å². The third-order valence-corrected chi connectivity index (χ3v) is 4.05. The van der Waals surface area contributed by atoms with Gasteiger partial charge in [0.25, 0.3) is 0 Å². The summed E-state index contributed by atoms with van der Waals surface area (Å²) < 4.78 is 13.1. The number of hydrogen-bond donors (Lipinski definition) is 0. The highest BCUT2D eigenvalue weighted by atomic mass is 79.9. The second kappa shape index (κ2) is 5.66. The maximum absolute atomic E-state index is 13.1. The van der Waals surface area contributed by atoms with E-state index in [1.165, 1.54) is 17.2 Å². The Morgan fingerprint density at radius 2 is 1.78 bits per heavy atom. The molecule has 1 unspecified atom stereocenters. The molecule has 2 heteroatoms. The Morgan fingerprint density at radius 1 is 1.06 bits per heavy atom. The summed E-state index contributed by atoms with van der Waals surface area (Å²) in [5.74, 6) is -0.174. The Morgan fingerprint density at radius 3 is 2.44 bits per heavy atom. The predicted molar refractivity (Wildman–Crippen MR) is 77.7 cm³/mol. The molecule has 0 heterocycles. The normalized spacial score (nSPS) is 12.4. The van der Waals surface area contributed by atoms with Crippen LogP contribution in [0.5, 0.6) is 0 Å². The molecule has 1 atom stereocenters. The summed E-state index contributed by atoms with van der Waals surface area (Å²) in [6.45, 7) is 4.07. The van der Waals surface area contributed by atoms with Crippen LogP contribution in [0.15, 0.2) is 42.5 Å². The molecular weight excluding hydrogens is 291 g/mol. The van der Waals surface area contributed by atoms with Crippen LogP contribution in [0, 0.1) is 19.7 Å². The van der Waals surface area contributed by atoms with Crippen molar-refractivity contribution in [3.63, 3.8) is 0 Å². The quantitative estimate of drug-likeness (QED) is 0.690. The van der Waals surface area contributed by atoms with E-state index in [1.807, 2.05) is 19.1 Å². The van der Waals surface area contributed by atoms with Crippen molar-refractivity contribution < 1.29 is 4.39 Å². The number of hydrogen-bond acceptors (Lipinski definition) is 0. The van der Waals surface area contributed by atoms with Crippen molar-refractivity contribution in [3.05, 3.63) is 70.5 Å². The summed E-state index contributed by atoms with van der Waals surface area (Å²) in [4.78, 5) is 0.221. The Kier molecular flexibility index (Phi) is 4.18. The van der Waals surface area contributed by atoms with E-state index in [9.17, 15) is 4.39 Å². The molecule has 0 spiro atoms. The topological polar surface area (TPSA) is 0 Å². The van der Waals surface area contributed by atoms with Crippen molar-refractivity contribution in [1.82, 2.24) is 0 Å². The molecule has 2 aromatic carbocycles. The number of alkyl halides is 1. The average Bonchev–Trinajstić information content (AvgIpc) is 2.32. The molecule has 0 amide bonds. The molecule has 0 fully saturated rings. The molecule has 0 saturated heterocycles. The van der Waals surface area contributed by atoms with Crippen molar-refractivity contribution >= 4 is 15.9 Å². The van der Waals surface area contributed by atoms with Gasteiger partial charge in [0.15, 0.2) is 0 Å². The fourth-order valence-corrected chi connectivity index (χ4v) is 3.00. The molecule has 0 aliphatic carbocycles. The lowest BCUT2D eigenvalue weighted by Gasteiger charge is -2.14. The average molecular weight is 307 g/mol. The number of aryl methyl sites for hydroxylation is 2. The number of rotatable bonds is 3. The van der Waals surface area contributed by atoms with Crippen LogP contribution in [0.1, 0.15) is 27.1 Å². The first-order valence-electron chi connectivity index (χ1n) is 6.02. The van der Waals surface area contributed by atoms with Gasteiger partial charge in [0.1, 0.15) is 5.82 Å². The van der Waals surface area contributed by atoms with Crippen LogP contribution < -0.4 is 0 Å². The molecule has 0 radical (unpaired) electrons. The van der Waals surface area contributed by atoms with Crippen LogP contribution in [-0.2, 0) is 6.42 Å². The highest BCUT2D eigenvalue weighted by molar-refractivity contribution is 9.09. The molecule has 0 aromatic heterocycles. The van der Waals surface area contributed by atoms with Crippen molar-refractivity contribution in [1.29, 1.82) is 0 Å². The van der Waals surface area contributed by atoms with Gasteiger partial charge in [-0.2, -0.15) is 0 Å². The zero-order valence-electron chi connectivity index (χ0n) is 10.6. The van der Waals surface area contributed by atoms with Crippen molar-refractivity contribution in [2.45, 2.75) is 25.1 Å².